The van der Waals surface area contributed by atoms with Gasteiger partial charge in [-0.25, -0.2) is 9.97 Å². The quantitative estimate of drug-likeness (QED) is 0.299. The first kappa shape index (κ1) is 24.7. The summed E-state index contributed by atoms with van der Waals surface area (Å²) >= 11 is 5.88. The Hall–Kier alpha value is -3.40. The number of thiazole rings is 2. The summed E-state index contributed by atoms with van der Waals surface area (Å²) in [6.07, 6.45) is 11.2. The lowest BCUT2D eigenvalue weighted by atomic mass is 10.2. The van der Waals surface area contributed by atoms with Crippen molar-refractivity contribution in [1.82, 2.24) is 9.97 Å². The number of thioether (sulfide) groups is 2. The van der Waals surface area contributed by atoms with Gasteiger partial charge < -0.3 is 0 Å². The maximum atomic E-state index is 9.81. The highest BCUT2D eigenvalue weighted by atomic mass is 32.2. The van der Waals surface area contributed by atoms with Crippen molar-refractivity contribution in [2.24, 2.45) is 0 Å². The molecule has 1 aromatic carbocycles. The summed E-state index contributed by atoms with van der Waals surface area (Å²) in [7, 11) is 0. The number of hydrogen-bond donors (Lipinski definition) is 0. The summed E-state index contributed by atoms with van der Waals surface area (Å²) in [6.45, 7) is 9.91. The number of allylic oxidation sites excluding steroid dienone is 6. The minimum atomic E-state index is 0.477. The molecule has 3 aromatic rings. The Labute approximate surface area is 220 Å². The van der Waals surface area contributed by atoms with Crippen molar-refractivity contribution in [2.45, 2.75) is 6.92 Å². The van der Waals surface area contributed by atoms with E-state index in [1.165, 1.54) is 46.2 Å². The SMILES string of the molecule is C=Cc1sc(/C(C#N)=C/C2=CC(=C)SC(/C=C(\C#N)c3nc4ccccc4s3)=CS2)nc1/C=C\C. The molecule has 170 valence electrons. The highest BCUT2D eigenvalue weighted by Crippen LogP contribution is 2.39. The fourth-order valence-corrected chi connectivity index (χ4v) is 6.69. The predicted molar refractivity (Wildman–Crippen MR) is 154 cm³/mol. The van der Waals surface area contributed by atoms with E-state index in [1.807, 2.05) is 67.0 Å². The molecule has 0 unspecified atom stereocenters. The zero-order valence-electron chi connectivity index (χ0n) is 18.7. The van der Waals surface area contributed by atoms with Crippen LogP contribution in [0.5, 0.6) is 0 Å². The standard InChI is InChI=1S/C27H18N4S4/c1-4-8-22-24(5-2)34-26(30-22)18(14-28)12-20-11-17(3)33-21(16-32-20)13-19(15-29)27-31-23-9-6-7-10-25(23)35-27/h4-13,16H,2-3H2,1H3/b8-4-,18-12+,19-13+. The lowest BCUT2D eigenvalue weighted by molar-refractivity contribution is 1.33. The highest BCUT2D eigenvalue weighted by Gasteiger charge is 2.14. The van der Waals surface area contributed by atoms with Crippen LogP contribution in [-0.2, 0) is 0 Å². The van der Waals surface area contributed by atoms with Gasteiger partial charge in [-0.3, -0.25) is 0 Å². The fourth-order valence-electron chi connectivity index (χ4n) is 3.10. The molecule has 0 aliphatic carbocycles. The van der Waals surface area contributed by atoms with Gasteiger partial charge in [0.1, 0.15) is 22.2 Å². The molecule has 4 rings (SSSR count). The van der Waals surface area contributed by atoms with Crippen LogP contribution >= 0.6 is 46.2 Å². The van der Waals surface area contributed by atoms with Gasteiger partial charge in [-0.1, -0.05) is 54.9 Å². The van der Waals surface area contributed by atoms with Crippen molar-refractivity contribution >= 4 is 79.7 Å². The molecule has 4 nitrogen and oxygen atoms in total. The Morgan fingerprint density at radius 2 is 1.71 bits per heavy atom. The van der Waals surface area contributed by atoms with Gasteiger partial charge in [0.25, 0.3) is 0 Å². The molecule has 2 aromatic heterocycles. The van der Waals surface area contributed by atoms with Crippen LogP contribution in [0.1, 0.15) is 27.5 Å². The second-order valence-corrected chi connectivity index (χ2v) is 11.3. The van der Waals surface area contributed by atoms with Gasteiger partial charge >= 0.3 is 0 Å². The van der Waals surface area contributed by atoms with Crippen molar-refractivity contribution in [3.8, 4) is 12.1 Å². The molecule has 0 N–H and O–H groups in total. The number of para-hydroxylation sites is 1. The minimum absolute atomic E-state index is 0.477. The third-order valence-electron chi connectivity index (χ3n) is 4.62. The summed E-state index contributed by atoms with van der Waals surface area (Å²) in [6, 6.07) is 12.4. The topological polar surface area (TPSA) is 73.4 Å². The fraction of sp³-hybridized carbons (Fsp3) is 0.0370. The molecule has 1 aliphatic heterocycles. The lowest BCUT2D eigenvalue weighted by Gasteiger charge is -1.99. The van der Waals surface area contributed by atoms with E-state index in [2.05, 4.69) is 35.3 Å². The van der Waals surface area contributed by atoms with E-state index >= 15 is 0 Å². The maximum Gasteiger partial charge on any atom is 0.135 e. The smallest absolute Gasteiger partial charge is 0.135 e. The Bertz CT molecular complexity index is 1530. The molecular weight excluding hydrogens is 509 g/mol. The molecule has 0 fully saturated rings. The number of aromatic nitrogens is 2. The van der Waals surface area contributed by atoms with E-state index in [0.717, 1.165) is 35.5 Å². The van der Waals surface area contributed by atoms with E-state index < -0.39 is 0 Å². The van der Waals surface area contributed by atoms with Crippen LogP contribution in [0, 0.1) is 22.7 Å². The summed E-state index contributed by atoms with van der Waals surface area (Å²) in [5, 5.41) is 22.9. The lowest BCUT2D eigenvalue weighted by Crippen LogP contribution is -1.82. The molecular formula is C27H18N4S4. The molecule has 8 heteroatoms. The molecule has 0 spiro atoms. The zero-order valence-corrected chi connectivity index (χ0v) is 22.0. The molecule has 0 amide bonds. The molecule has 0 bridgehead atoms. The van der Waals surface area contributed by atoms with Gasteiger partial charge in [-0.05, 0) is 54.8 Å². The Kier molecular flexibility index (Phi) is 8.02. The van der Waals surface area contributed by atoms with Crippen LogP contribution in [-0.4, -0.2) is 9.97 Å². The number of fused-ring (bicyclic) bond motifs is 1. The molecule has 0 saturated carbocycles. The predicted octanol–water partition coefficient (Wildman–Crippen LogP) is 8.66. The molecule has 0 saturated heterocycles. The van der Waals surface area contributed by atoms with Crippen LogP contribution < -0.4 is 0 Å². The minimum Gasteiger partial charge on any atom is -0.235 e. The average molecular weight is 527 g/mol. The molecule has 35 heavy (non-hydrogen) atoms. The van der Waals surface area contributed by atoms with E-state index in [0.29, 0.717) is 21.2 Å². The van der Waals surface area contributed by atoms with Crippen LogP contribution in [0.2, 0.25) is 0 Å². The first-order chi connectivity index (χ1) is 17.0. The first-order valence-electron chi connectivity index (χ1n) is 10.4. The summed E-state index contributed by atoms with van der Waals surface area (Å²) < 4.78 is 1.04. The molecule has 0 radical (unpaired) electrons. The van der Waals surface area contributed by atoms with E-state index in [1.54, 1.807) is 6.08 Å². The van der Waals surface area contributed by atoms with Gasteiger partial charge in [0.15, 0.2) is 0 Å². The number of benzene rings is 1. The maximum absolute atomic E-state index is 9.81. The van der Waals surface area contributed by atoms with Crippen molar-refractivity contribution in [2.75, 3.05) is 0 Å². The number of hydrogen-bond acceptors (Lipinski definition) is 8. The van der Waals surface area contributed by atoms with Crippen molar-refractivity contribution in [3.05, 3.63) is 102 Å². The number of nitriles is 2. The third kappa shape index (κ3) is 5.82. The van der Waals surface area contributed by atoms with Crippen LogP contribution in [0.25, 0.3) is 33.5 Å². The van der Waals surface area contributed by atoms with E-state index in [-0.39, 0.29) is 0 Å². The van der Waals surface area contributed by atoms with E-state index in [9.17, 15) is 10.5 Å². The van der Waals surface area contributed by atoms with Gasteiger partial charge in [-0.15, -0.1) is 22.7 Å². The Morgan fingerprint density at radius 1 is 1.00 bits per heavy atom. The van der Waals surface area contributed by atoms with Gasteiger partial charge in [-0.2, -0.15) is 10.5 Å². The number of rotatable bonds is 6. The second-order valence-electron chi connectivity index (χ2n) is 7.05. The normalized spacial score (nSPS) is 14.9. The summed E-state index contributed by atoms with van der Waals surface area (Å²) in [4.78, 5) is 12.7. The molecule has 3 heterocycles. The van der Waals surface area contributed by atoms with Crippen molar-refractivity contribution in [1.29, 1.82) is 10.5 Å². The van der Waals surface area contributed by atoms with Crippen molar-refractivity contribution in [3.63, 3.8) is 0 Å². The summed E-state index contributed by atoms with van der Waals surface area (Å²) in [5.74, 6) is 0. The van der Waals surface area contributed by atoms with Gasteiger partial charge in [0.05, 0.1) is 31.9 Å². The third-order valence-corrected chi connectivity index (χ3v) is 8.67. The van der Waals surface area contributed by atoms with Crippen LogP contribution in [0.3, 0.4) is 0 Å². The largest absolute Gasteiger partial charge is 0.235 e. The first-order valence-corrected chi connectivity index (χ1v) is 13.7. The van der Waals surface area contributed by atoms with Gasteiger partial charge in [0.2, 0.25) is 0 Å². The molecule has 1 aliphatic rings. The Morgan fingerprint density at radius 3 is 2.40 bits per heavy atom. The summed E-state index contributed by atoms with van der Waals surface area (Å²) in [5.41, 5.74) is 2.67. The second kappa shape index (κ2) is 11.4. The Balaban J connectivity index is 1.62. The van der Waals surface area contributed by atoms with Crippen LogP contribution in [0.4, 0.5) is 0 Å². The van der Waals surface area contributed by atoms with Gasteiger partial charge in [0, 0.05) is 14.7 Å². The van der Waals surface area contributed by atoms with E-state index in [4.69, 9.17) is 0 Å². The zero-order chi connectivity index (χ0) is 24.8. The highest BCUT2D eigenvalue weighted by molar-refractivity contribution is 8.10. The monoisotopic (exact) mass is 526 g/mol. The average Bonchev–Trinajstić information content (AvgIpc) is 3.43. The van der Waals surface area contributed by atoms with Crippen molar-refractivity contribution < 1.29 is 0 Å². The molecule has 0 atom stereocenters. The number of nitrogens with zero attached hydrogens (tertiary/aromatic N) is 4. The van der Waals surface area contributed by atoms with Crippen LogP contribution in [0.15, 0.2) is 81.9 Å².